The molecule has 30 heavy (non-hydrogen) atoms. The number of carbonyl (C=O) groups excluding carboxylic acids is 4. The summed E-state index contributed by atoms with van der Waals surface area (Å²) in [6, 6.07) is 6.58. The Balaban J connectivity index is 1.43. The number of halogens is 1. The van der Waals surface area contributed by atoms with Crippen molar-refractivity contribution in [3.8, 4) is 5.75 Å². The van der Waals surface area contributed by atoms with E-state index in [1.54, 1.807) is 25.1 Å². The third-order valence-corrected chi connectivity index (χ3v) is 5.81. The molecule has 2 fully saturated rings. The maximum atomic E-state index is 12.7. The van der Waals surface area contributed by atoms with Gasteiger partial charge in [-0.1, -0.05) is 41.3 Å². The van der Waals surface area contributed by atoms with Gasteiger partial charge in [0, 0.05) is 17.4 Å². The monoisotopic (exact) mass is 480 g/mol. The summed E-state index contributed by atoms with van der Waals surface area (Å²) in [5.74, 6) is -0.795. The number of benzene rings is 1. The molecule has 1 aliphatic heterocycles. The van der Waals surface area contributed by atoms with Crippen molar-refractivity contribution in [3.05, 3.63) is 28.7 Å². The Kier molecular flexibility index (Phi) is 6.96. The maximum Gasteiger partial charge on any atom is 0.325 e. The van der Waals surface area contributed by atoms with Gasteiger partial charge in [-0.25, -0.2) is 4.79 Å². The third-order valence-electron chi connectivity index (χ3n) is 5.32. The van der Waals surface area contributed by atoms with Crippen LogP contribution >= 0.6 is 15.9 Å². The predicted octanol–water partition coefficient (Wildman–Crippen LogP) is 2.01. The smallest absolute Gasteiger partial charge is 0.325 e. The van der Waals surface area contributed by atoms with Crippen molar-refractivity contribution in [2.75, 3.05) is 6.54 Å². The molecular weight excluding hydrogens is 456 g/mol. The largest absolute Gasteiger partial charge is 0.481 e. The van der Waals surface area contributed by atoms with E-state index in [0.717, 1.165) is 28.6 Å². The van der Waals surface area contributed by atoms with E-state index in [0.29, 0.717) is 18.6 Å². The minimum Gasteiger partial charge on any atom is -0.481 e. The van der Waals surface area contributed by atoms with Crippen LogP contribution in [0.25, 0.3) is 0 Å². The number of rotatable bonds is 6. The first-order valence-electron chi connectivity index (χ1n) is 9.96. The first kappa shape index (κ1) is 22.1. The van der Waals surface area contributed by atoms with Gasteiger partial charge in [-0.2, -0.15) is 0 Å². The zero-order valence-corrected chi connectivity index (χ0v) is 18.3. The number of nitrogens with zero attached hydrogens (tertiary/aromatic N) is 1. The molecular formula is C20H25BrN4O5. The molecule has 1 aromatic carbocycles. The highest BCUT2D eigenvalue weighted by molar-refractivity contribution is 9.10. The highest BCUT2D eigenvalue weighted by Gasteiger charge is 2.51. The lowest BCUT2D eigenvalue weighted by Crippen LogP contribution is -2.49. The second-order valence-electron chi connectivity index (χ2n) is 7.53. The molecule has 1 aromatic rings. The fourth-order valence-corrected chi connectivity index (χ4v) is 4.06. The minimum absolute atomic E-state index is 0.0434. The van der Waals surface area contributed by atoms with Crippen LogP contribution in [-0.2, 0) is 14.4 Å². The molecule has 0 radical (unpaired) electrons. The first-order valence-corrected chi connectivity index (χ1v) is 10.7. The van der Waals surface area contributed by atoms with Crippen LogP contribution < -0.4 is 20.9 Å². The van der Waals surface area contributed by atoms with Crippen LogP contribution in [0.5, 0.6) is 5.75 Å². The lowest BCUT2D eigenvalue weighted by Gasteiger charge is -2.30. The third kappa shape index (κ3) is 5.10. The summed E-state index contributed by atoms with van der Waals surface area (Å²) in [7, 11) is 0. The van der Waals surface area contributed by atoms with Gasteiger partial charge in [0.25, 0.3) is 11.8 Å². The van der Waals surface area contributed by atoms with E-state index in [4.69, 9.17) is 4.74 Å². The van der Waals surface area contributed by atoms with Gasteiger partial charge < -0.3 is 10.1 Å². The van der Waals surface area contributed by atoms with Crippen molar-refractivity contribution in [2.45, 2.75) is 57.1 Å². The molecule has 1 saturated carbocycles. The van der Waals surface area contributed by atoms with Crippen LogP contribution in [0, 0.1) is 0 Å². The molecule has 3 N–H and O–H groups in total. The number of imide groups is 1. The molecule has 1 aliphatic carbocycles. The van der Waals surface area contributed by atoms with Crippen molar-refractivity contribution in [1.29, 1.82) is 0 Å². The second-order valence-corrected chi connectivity index (χ2v) is 8.45. The molecule has 1 unspecified atom stereocenters. The van der Waals surface area contributed by atoms with Crippen LogP contribution in [-0.4, -0.2) is 46.8 Å². The molecule has 0 aromatic heterocycles. The number of nitrogens with one attached hydrogen (secondary N) is 3. The van der Waals surface area contributed by atoms with Gasteiger partial charge in [-0.3, -0.25) is 30.1 Å². The lowest BCUT2D eigenvalue weighted by molar-refractivity contribution is -0.134. The highest BCUT2D eigenvalue weighted by atomic mass is 79.9. The van der Waals surface area contributed by atoms with E-state index >= 15 is 0 Å². The van der Waals surface area contributed by atoms with E-state index in [2.05, 4.69) is 32.1 Å². The van der Waals surface area contributed by atoms with Crippen molar-refractivity contribution in [3.63, 3.8) is 0 Å². The number of hydrogen-bond acceptors (Lipinski definition) is 5. The fourth-order valence-electron chi connectivity index (χ4n) is 3.68. The minimum atomic E-state index is -0.836. The molecule has 1 atom stereocenters. The van der Waals surface area contributed by atoms with Crippen LogP contribution in [0.3, 0.4) is 0 Å². The van der Waals surface area contributed by atoms with Crippen molar-refractivity contribution < 1.29 is 23.9 Å². The number of carbonyl (C=O) groups is 4. The number of hydrogen-bond donors (Lipinski definition) is 3. The molecule has 9 nitrogen and oxygen atoms in total. The van der Waals surface area contributed by atoms with Crippen LogP contribution in [0.4, 0.5) is 4.79 Å². The Morgan fingerprint density at radius 1 is 1.23 bits per heavy atom. The van der Waals surface area contributed by atoms with Gasteiger partial charge in [-0.05, 0) is 38.0 Å². The normalized spacial score (nSPS) is 18.7. The first-order chi connectivity index (χ1) is 14.3. The highest BCUT2D eigenvalue weighted by Crippen LogP contribution is 2.33. The SMILES string of the molecule is CC(Oc1cccc(Br)c1)C(=O)NNC(=O)CCN1C(=O)NC2(CCCCC2)C1=O. The lowest BCUT2D eigenvalue weighted by atomic mass is 9.82. The summed E-state index contributed by atoms with van der Waals surface area (Å²) < 4.78 is 6.34. The Morgan fingerprint density at radius 3 is 2.67 bits per heavy atom. The quantitative estimate of drug-likeness (QED) is 0.425. The van der Waals surface area contributed by atoms with Crippen molar-refractivity contribution >= 4 is 39.7 Å². The molecule has 3 rings (SSSR count). The van der Waals surface area contributed by atoms with E-state index < -0.39 is 29.5 Å². The summed E-state index contributed by atoms with van der Waals surface area (Å²) in [5, 5.41) is 2.80. The molecule has 5 amide bonds. The standard InChI is InChI=1S/C20H25BrN4O5/c1-13(30-15-7-5-6-14(21)12-15)17(27)24-23-16(26)8-11-25-18(28)20(22-19(25)29)9-3-2-4-10-20/h5-7,12-13H,2-4,8-11H2,1H3,(H,22,29)(H,23,26)(H,24,27). The van der Waals surface area contributed by atoms with E-state index in [1.807, 2.05) is 6.07 Å². The Morgan fingerprint density at radius 2 is 1.97 bits per heavy atom. The Hall–Kier alpha value is -2.62. The summed E-state index contributed by atoms with van der Waals surface area (Å²) in [4.78, 5) is 50.1. The maximum absolute atomic E-state index is 12.7. The molecule has 162 valence electrons. The van der Waals surface area contributed by atoms with Gasteiger partial charge in [0.15, 0.2) is 6.10 Å². The van der Waals surface area contributed by atoms with Crippen LogP contribution in [0.2, 0.25) is 0 Å². The van der Waals surface area contributed by atoms with Crippen LogP contribution in [0.15, 0.2) is 28.7 Å². The van der Waals surface area contributed by atoms with Crippen molar-refractivity contribution in [1.82, 2.24) is 21.1 Å². The van der Waals surface area contributed by atoms with Gasteiger partial charge in [0.1, 0.15) is 11.3 Å². The second kappa shape index (κ2) is 9.46. The summed E-state index contributed by atoms with van der Waals surface area (Å²) in [5.41, 5.74) is 3.77. The number of ether oxygens (including phenoxy) is 1. The molecule has 1 saturated heterocycles. The molecule has 1 spiro atoms. The Bertz CT molecular complexity index is 840. The number of hydrazine groups is 1. The predicted molar refractivity (Wildman–Crippen MR) is 111 cm³/mol. The molecule has 10 heteroatoms. The fraction of sp³-hybridized carbons (Fsp3) is 0.500. The van der Waals surface area contributed by atoms with Gasteiger partial charge in [0.2, 0.25) is 5.91 Å². The van der Waals surface area contributed by atoms with E-state index in [1.165, 1.54) is 0 Å². The topological polar surface area (TPSA) is 117 Å². The summed E-state index contributed by atoms with van der Waals surface area (Å²) in [6.45, 7) is 1.51. The van der Waals surface area contributed by atoms with Crippen molar-refractivity contribution in [2.24, 2.45) is 0 Å². The van der Waals surface area contributed by atoms with Crippen LogP contribution in [0.1, 0.15) is 45.4 Å². The average Bonchev–Trinajstić information content (AvgIpc) is 2.94. The van der Waals surface area contributed by atoms with Gasteiger partial charge >= 0.3 is 6.03 Å². The average molecular weight is 481 g/mol. The molecule has 2 aliphatic rings. The molecule has 0 bridgehead atoms. The molecule has 1 heterocycles. The van der Waals surface area contributed by atoms with Gasteiger partial charge in [0.05, 0.1) is 0 Å². The zero-order chi connectivity index (χ0) is 21.7. The Labute approximate surface area is 183 Å². The zero-order valence-electron chi connectivity index (χ0n) is 16.7. The number of urea groups is 1. The number of amides is 5. The van der Waals surface area contributed by atoms with E-state index in [9.17, 15) is 19.2 Å². The van der Waals surface area contributed by atoms with E-state index in [-0.39, 0.29) is 18.9 Å². The van der Waals surface area contributed by atoms with Gasteiger partial charge in [-0.15, -0.1) is 0 Å². The summed E-state index contributed by atoms with van der Waals surface area (Å²) >= 11 is 3.32. The summed E-state index contributed by atoms with van der Waals surface area (Å²) in [6.07, 6.45) is 3.15.